The van der Waals surface area contributed by atoms with E-state index in [9.17, 15) is 0 Å². The molecule has 2 heteroatoms. The van der Waals surface area contributed by atoms with Crippen LogP contribution in [0.2, 0.25) is 0 Å². The second kappa shape index (κ2) is 5.19. The molecule has 1 aromatic heterocycles. The van der Waals surface area contributed by atoms with E-state index >= 15 is 0 Å². The van der Waals surface area contributed by atoms with Gasteiger partial charge in [0.15, 0.2) is 0 Å². The maximum atomic E-state index is 5.96. The molecule has 0 aliphatic carbocycles. The van der Waals surface area contributed by atoms with E-state index in [1.165, 1.54) is 11.1 Å². The summed E-state index contributed by atoms with van der Waals surface area (Å²) in [5.74, 6) is 0.918. The van der Waals surface area contributed by atoms with E-state index in [4.69, 9.17) is 4.74 Å². The number of hydrogen-bond acceptors (Lipinski definition) is 1. The van der Waals surface area contributed by atoms with Gasteiger partial charge in [0.05, 0.1) is 0 Å². The van der Waals surface area contributed by atoms with Crippen LogP contribution in [0.25, 0.3) is 10.9 Å². The third-order valence-corrected chi connectivity index (χ3v) is 3.26. The lowest BCUT2D eigenvalue weighted by Crippen LogP contribution is -1.95. The zero-order chi connectivity index (χ0) is 13.1. The summed E-state index contributed by atoms with van der Waals surface area (Å²) in [5, 5.41) is 1.15. The van der Waals surface area contributed by atoms with Gasteiger partial charge in [-0.2, -0.15) is 0 Å². The highest BCUT2D eigenvalue weighted by molar-refractivity contribution is 5.89. The Morgan fingerprint density at radius 2 is 1.84 bits per heavy atom. The van der Waals surface area contributed by atoms with Gasteiger partial charge < -0.3 is 9.72 Å². The van der Waals surface area contributed by atoms with Crippen LogP contribution in [0.3, 0.4) is 0 Å². The van der Waals surface area contributed by atoms with Crippen LogP contribution in [0.5, 0.6) is 5.75 Å². The maximum absolute atomic E-state index is 5.96. The summed E-state index contributed by atoms with van der Waals surface area (Å²) in [4.78, 5) is 3.26. The van der Waals surface area contributed by atoms with E-state index in [0.29, 0.717) is 6.61 Å². The average molecular weight is 250 g/mol. The van der Waals surface area contributed by atoms with Crippen molar-refractivity contribution in [1.82, 2.24) is 4.98 Å². The van der Waals surface area contributed by atoms with Gasteiger partial charge in [-0.15, -0.1) is 0 Å². The van der Waals surface area contributed by atoms with E-state index in [1.54, 1.807) is 0 Å². The SMILES string of the molecule is [CH2]Cc1c[nH]c2cccc(OCc3ccccc3)c12. The van der Waals surface area contributed by atoms with Crippen molar-refractivity contribution in [2.45, 2.75) is 13.0 Å². The van der Waals surface area contributed by atoms with Crippen molar-refractivity contribution in [3.63, 3.8) is 0 Å². The van der Waals surface area contributed by atoms with E-state index in [2.05, 4.69) is 30.1 Å². The summed E-state index contributed by atoms with van der Waals surface area (Å²) in [6.45, 7) is 4.55. The Hall–Kier alpha value is -2.22. The number of nitrogens with one attached hydrogen (secondary N) is 1. The third-order valence-electron chi connectivity index (χ3n) is 3.26. The van der Waals surface area contributed by atoms with Crippen molar-refractivity contribution in [2.24, 2.45) is 0 Å². The van der Waals surface area contributed by atoms with Crippen LogP contribution < -0.4 is 4.74 Å². The number of fused-ring (bicyclic) bond motifs is 1. The summed E-state index contributed by atoms with van der Waals surface area (Å²) in [6, 6.07) is 16.3. The first-order valence-electron chi connectivity index (χ1n) is 6.43. The Morgan fingerprint density at radius 1 is 1.00 bits per heavy atom. The molecule has 95 valence electrons. The molecular weight excluding hydrogens is 234 g/mol. The second-order valence-electron chi connectivity index (χ2n) is 4.52. The maximum Gasteiger partial charge on any atom is 0.129 e. The molecule has 0 aliphatic heterocycles. The van der Waals surface area contributed by atoms with Gasteiger partial charge in [-0.3, -0.25) is 0 Å². The van der Waals surface area contributed by atoms with Crippen LogP contribution in [0.1, 0.15) is 11.1 Å². The molecule has 1 radical (unpaired) electrons. The van der Waals surface area contributed by atoms with Crippen LogP contribution in [0.15, 0.2) is 54.7 Å². The van der Waals surface area contributed by atoms with Gasteiger partial charge in [0.1, 0.15) is 12.4 Å². The zero-order valence-electron chi connectivity index (χ0n) is 10.7. The summed E-state index contributed by atoms with van der Waals surface area (Å²) in [5.41, 5.74) is 3.47. The highest BCUT2D eigenvalue weighted by Gasteiger charge is 2.08. The van der Waals surface area contributed by atoms with E-state index in [0.717, 1.165) is 23.1 Å². The molecule has 0 amide bonds. The van der Waals surface area contributed by atoms with Gasteiger partial charge in [-0.1, -0.05) is 36.4 Å². The minimum atomic E-state index is 0.585. The van der Waals surface area contributed by atoms with Gasteiger partial charge in [-0.05, 0) is 36.6 Å². The number of ether oxygens (including phenoxy) is 1. The lowest BCUT2D eigenvalue weighted by atomic mass is 10.1. The number of benzene rings is 2. The molecule has 0 saturated heterocycles. The standard InChI is InChI=1S/C17H16NO/c1-2-14-11-18-15-9-6-10-16(17(14)15)19-12-13-7-4-3-5-8-13/h3-11,18H,1-2,12H2. The molecule has 0 bridgehead atoms. The Balaban J connectivity index is 1.90. The number of H-pyrrole nitrogens is 1. The second-order valence-corrected chi connectivity index (χ2v) is 4.52. The van der Waals surface area contributed by atoms with Gasteiger partial charge in [0, 0.05) is 17.1 Å². The van der Waals surface area contributed by atoms with Crippen LogP contribution >= 0.6 is 0 Å². The lowest BCUT2D eigenvalue weighted by molar-refractivity contribution is 0.310. The number of rotatable bonds is 4. The Bertz CT molecular complexity index is 670. The summed E-state index contributed by atoms with van der Waals surface area (Å²) >= 11 is 0. The molecule has 1 N–H and O–H groups in total. The molecule has 0 unspecified atom stereocenters. The molecule has 0 aliphatic rings. The first-order valence-corrected chi connectivity index (χ1v) is 6.43. The Kier molecular flexibility index (Phi) is 3.23. The highest BCUT2D eigenvalue weighted by Crippen LogP contribution is 2.29. The molecule has 19 heavy (non-hydrogen) atoms. The van der Waals surface area contributed by atoms with E-state index < -0.39 is 0 Å². The van der Waals surface area contributed by atoms with E-state index in [-0.39, 0.29) is 0 Å². The first-order chi connectivity index (χ1) is 9.38. The van der Waals surface area contributed by atoms with Crippen molar-refractivity contribution >= 4 is 10.9 Å². The fourth-order valence-electron chi connectivity index (χ4n) is 2.27. The van der Waals surface area contributed by atoms with Crippen molar-refractivity contribution in [1.29, 1.82) is 0 Å². The lowest BCUT2D eigenvalue weighted by Gasteiger charge is -2.08. The van der Waals surface area contributed by atoms with Gasteiger partial charge >= 0.3 is 0 Å². The molecule has 0 spiro atoms. The monoisotopic (exact) mass is 250 g/mol. The largest absolute Gasteiger partial charge is 0.488 e. The summed E-state index contributed by atoms with van der Waals surface area (Å²) in [7, 11) is 0. The summed E-state index contributed by atoms with van der Waals surface area (Å²) in [6.07, 6.45) is 2.76. The summed E-state index contributed by atoms with van der Waals surface area (Å²) < 4.78 is 5.96. The molecule has 3 aromatic rings. The average Bonchev–Trinajstić information content (AvgIpc) is 2.90. The first kappa shape index (κ1) is 11.8. The van der Waals surface area contributed by atoms with E-state index in [1.807, 2.05) is 36.5 Å². The number of hydrogen-bond donors (Lipinski definition) is 1. The third kappa shape index (κ3) is 2.34. The van der Waals surface area contributed by atoms with Gasteiger partial charge in [0.2, 0.25) is 0 Å². The van der Waals surface area contributed by atoms with Gasteiger partial charge in [0.25, 0.3) is 0 Å². The number of aromatic nitrogens is 1. The molecule has 2 nitrogen and oxygen atoms in total. The number of aromatic amines is 1. The molecule has 0 saturated carbocycles. The fraction of sp³-hybridized carbons (Fsp3) is 0.118. The highest BCUT2D eigenvalue weighted by atomic mass is 16.5. The molecule has 3 rings (SSSR count). The zero-order valence-corrected chi connectivity index (χ0v) is 10.7. The van der Waals surface area contributed by atoms with Crippen molar-refractivity contribution in [3.05, 3.63) is 72.8 Å². The Morgan fingerprint density at radius 3 is 2.63 bits per heavy atom. The predicted octanol–water partition coefficient (Wildman–Crippen LogP) is 4.12. The van der Waals surface area contributed by atoms with Crippen LogP contribution in [-0.4, -0.2) is 4.98 Å². The quantitative estimate of drug-likeness (QED) is 0.740. The van der Waals surface area contributed by atoms with Crippen LogP contribution in [-0.2, 0) is 13.0 Å². The molecule has 0 fully saturated rings. The molecular formula is C17H16NO. The molecule has 2 aromatic carbocycles. The molecule has 0 atom stereocenters. The Labute approximate surface area is 113 Å². The topological polar surface area (TPSA) is 25.0 Å². The smallest absolute Gasteiger partial charge is 0.129 e. The minimum absolute atomic E-state index is 0.585. The van der Waals surface area contributed by atoms with Crippen molar-refractivity contribution in [2.75, 3.05) is 0 Å². The normalized spacial score (nSPS) is 10.8. The van der Waals surface area contributed by atoms with Crippen molar-refractivity contribution in [3.8, 4) is 5.75 Å². The molecule has 1 heterocycles. The van der Waals surface area contributed by atoms with Crippen LogP contribution in [0, 0.1) is 6.92 Å². The van der Waals surface area contributed by atoms with Crippen molar-refractivity contribution < 1.29 is 4.74 Å². The predicted molar refractivity (Wildman–Crippen MR) is 78.1 cm³/mol. The van der Waals surface area contributed by atoms with Crippen LogP contribution in [0.4, 0.5) is 0 Å². The fourth-order valence-corrected chi connectivity index (χ4v) is 2.27. The minimum Gasteiger partial charge on any atom is -0.488 e. The van der Waals surface area contributed by atoms with Gasteiger partial charge in [-0.25, -0.2) is 0 Å².